The lowest BCUT2D eigenvalue weighted by Gasteiger charge is -2.37. The Kier molecular flexibility index (Phi) is 7.94. The van der Waals surface area contributed by atoms with Crippen molar-refractivity contribution in [2.45, 2.75) is 37.8 Å². The van der Waals surface area contributed by atoms with Gasteiger partial charge in [0.2, 0.25) is 5.91 Å². The molecule has 0 spiro atoms. The summed E-state index contributed by atoms with van der Waals surface area (Å²) in [6.45, 7) is 2.19. The average molecular weight is 577 g/mol. The summed E-state index contributed by atoms with van der Waals surface area (Å²) in [5, 5.41) is 8.82. The van der Waals surface area contributed by atoms with Crippen molar-refractivity contribution in [1.82, 2.24) is 20.7 Å². The number of aromatic nitrogens is 1. The number of hydrogen-bond donors (Lipinski definition) is 2. The number of amides is 4. The Labute approximate surface area is 233 Å². The van der Waals surface area contributed by atoms with Gasteiger partial charge in [-0.25, -0.2) is 18.4 Å². The molecular weight excluding hydrogens is 546 g/mol. The minimum absolute atomic E-state index is 0.0189. The van der Waals surface area contributed by atoms with Gasteiger partial charge in [-0.2, -0.15) is 0 Å². The van der Waals surface area contributed by atoms with E-state index < -0.39 is 41.9 Å². The maximum atomic E-state index is 15.1. The SMILES string of the molecule is COC(=O)NCC1CN(c2cc(F)c(N3CCN(C(=O)C(C)NC(=O)c4cc(C5CC5)on4)CC3)c(F)c2)C(=O)O1. The number of nitrogens with one attached hydrogen (secondary N) is 2. The predicted molar refractivity (Wildman–Crippen MR) is 139 cm³/mol. The first kappa shape index (κ1) is 28.1. The molecule has 1 aliphatic carbocycles. The maximum Gasteiger partial charge on any atom is 0.414 e. The van der Waals surface area contributed by atoms with Gasteiger partial charge in [-0.15, -0.1) is 0 Å². The predicted octanol–water partition coefficient (Wildman–Crippen LogP) is 1.98. The second-order valence-electron chi connectivity index (χ2n) is 10.1. The first-order valence-electron chi connectivity index (χ1n) is 13.2. The van der Waals surface area contributed by atoms with Crippen LogP contribution in [-0.4, -0.2) is 92.6 Å². The Morgan fingerprint density at radius 1 is 1.12 bits per heavy atom. The van der Waals surface area contributed by atoms with E-state index >= 15 is 8.78 Å². The number of benzene rings is 1. The highest BCUT2D eigenvalue weighted by Crippen LogP contribution is 2.40. The van der Waals surface area contributed by atoms with E-state index in [1.165, 1.54) is 16.9 Å². The summed E-state index contributed by atoms with van der Waals surface area (Å²) in [5.41, 5.74) is -0.179. The third-order valence-electron chi connectivity index (χ3n) is 7.21. The first-order chi connectivity index (χ1) is 19.6. The van der Waals surface area contributed by atoms with Crippen LogP contribution in [0.3, 0.4) is 0 Å². The van der Waals surface area contributed by atoms with Gasteiger partial charge in [-0.1, -0.05) is 5.16 Å². The number of alkyl carbamates (subject to hydrolysis) is 1. The molecular formula is C26H30F2N6O7. The first-order valence-corrected chi connectivity index (χ1v) is 13.2. The molecule has 2 aromatic rings. The van der Waals surface area contributed by atoms with Crippen molar-refractivity contribution in [3.8, 4) is 0 Å². The molecule has 0 bridgehead atoms. The number of ether oxygens (including phenoxy) is 2. The number of halogens is 2. The van der Waals surface area contributed by atoms with Crippen LogP contribution in [0.1, 0.15) is 41.9 Å². The number of hydrogen-bond acceptors (Lipinski definition) is 9. The largest absolute Gasteiger partial charge is 0.453 e. The third kappa shape index (κ3) is 6.18. The van der Waals surface area contributed by atoms with Gasteiger partial charge in [0.05, 0.1) is 25.9 Å². The molecule has 2 aliphatic heterocycles. The highest BCUT2D eigenvalue weighted by Gasteiger charge is 2.35. The van der Waals surface area contributed by atoms with Crippen LogP contribution in [0.4, 0.5) is 29.7 Å². The summed E-state index contributed by atoms with van der Waals surface area (Å²) >= 11 is 0. The summed E-state index contributed by atoms with van der Waals surface area (Å²) in [7, 11) is 1.19. The van der Waals surface area contributed by atoms with Crippen LogP contribution in [0.2, 0.25) is 0 Å². The molecule has 3 aliphatic rings. The van der Waals surface area contributed by atoms with Crippen molar-refractivity contribution in [2.24, 2.45) is 0 Å². The van der Waals surface area contributed by atoms with Gasteiger partial charge in [0, 0.05) is 50.3 Å². The Bertz CT molecular complexity index is 1320. The minimum Gasteiger partial charge on any atom is -0.453 e. The van der Waals surface area contributed by atoms with Crippen LogP contribution < -0.4 is 20.4 Å². The number of cyclic esters (lactones) is 1. The second kappa shape index (κ2) is 11.6. The van der Waals surface area contributed by atoms with Crippen LogP contribution in [0.15, 0.2) is 22.7 Å². The molecule has 1 aromatic carbocycles. The molecule has 5 rings (SSSR count). The van der Waals surface area contributed by atoms with Gasteiger partial charge in [-0.3, -0.25) is 14.5 Å². The zero-order valence-electron chi connectivity index (χ0n) is 22.5. The molecule has 1 saturated carbocycles. The van der Waals surface area contributed by atoms with Crippen LogP contribution in [0.25, 0.3) is 0 Å². The van der Waals surface area contributed by atoms with Crippen molar-refractivity contribution in [3.63, 3.8) is 0 Å². The monoisotopic (exact) mass is 576 g/mol. The third-order valence-corrected chi connectivity index (χ3v) is 7.21. The van der Waals surface area contributed by atoms with Crippen molar-refractivity contribution >= 4 is 35.4 Å². The summed E-state index contributed by atoms with van der Waals surface area (Å²) in [4.78, 5) is 53.0. The maximum absolute atomic E-state index is 15.1. The van der Waals surface area contributed by atoms with Crippen LogP contribution in [0.5, 0.6) is 0 Å². The van der Waals surface area contributed by atoms with E-state index in [1.807, 2.05) is 0 Å². The highest BCUT2D eigenvalue weighted by atomic mass is 19.1. The fourth-order valence-electron chi connectivity index (χ4n) is 4.83. The quantitative estimate of drug-likeness (QED) is 0.482. The Morgan fingerprint density at radius 2 is 1.80 bits per heavy atom. The van der Waals surface area contributed by atoms with Crippen molar-refractivity contribution in [3.05, 3.63) is 41.3 Å². The van der Waals surface area contributed by atoms with Gasteiger partial charge < -0.3 is 34.4 Å². The molecule has 0 radical (unpaired) electrons. The van der Waals surface area contributed by atoms with E-state index in [2.05, 4.69) is 20.5 Å². The van der Waals surface area contributed by atoms with E-state index in [1.54, 1.807) is 13.0 Å². The standard InChI is InChI=1S/C26H30F2N6O7/c1-14(30-23(35)20-11-21(41-31-20)15-3-4-15)24(36)33-7-5-32(6-8-33)22-18(27)9-16(10-19(22)28)34-13-17(40-26(34)38)12-29-25(37)39-2/h9-11,14-15,17H,3-8,12-13H2,1-2H3,(H,29,37)(H,30,35). The lowest BCUT2D eigenvalue weighted by atomic mass is 10.1. The summed E-state index contributed by atoms with van der Waals surface area (Å²) in [6, 6.07) is 2.84. The number of carbonyl (C=O) groups is 4. The van der Waals surface area contributed by atoms with E-state index in [9.17, 15) is 19.2 Å². The zero-order chi connectivity index (χ0) is 29.3. The van der Waals surface area contributed by atoms with Gasteiger partial charge in [-0.05, 0) is 19.8 Å². The van der Waals surface area contributed by atoms with E-state index in [4.69, 9.17) is 9.26 Å². The number of nitrogens with zero attached hydrogens (tertiary/aromatic N) is 4. The van der Waals surface area contributed by atoms with E-state index in [-0.39, 0.29) is 62.2 Å². The molecule has 15 heteroatoms. The molecule has 2 unspecified atom stereocenters. The molecule has 3 fully saturated rings. The molecule has 3 heterocycles. The fraction of sp³-hybridized carbons (Fsp3) is 0.500. The molecule has 41 heavy (non-hydrogen) atoms. The van der Waals surface area contributed by atoms with E-state index in [0.717, 1.165) is 29.9 Å². The normalized spacial score (nSPS) is 19.6. The summed E-state index contributed by atoms with van der Waals surface area (Å²) < 4.78 is 45.1. The molecule has 1 aromatic heterocycles. The fourth-order valence-corrected chi connectivity index (χ4v) is 4.83. The number of rotatable bonds is 8. The molecule has 220 valence electrons. The summed E-state index contributed by atoms with van der Waals surface area (Å²) in [5.74, 6) is -1.63. The van der Waals surface area contributed by atoms with Gasteiger partial charge in [0.1, 0.15) is 23.6 Å². The Balaban J connectivity index is 1.15. The highest BCUT2D eigenvalue weighted by molar-refractivity contribution is 5.96. The van der Waals surface area contributed by atoms with Gasteiger partial charge in [0.25, 0.3) is 5.91 Å². The van der Waals surface area contributed by atoms with Crippen LogP contribution >= 0.6 is 0 Å². The van der Waals surface area contributed by atoms with Gasteiger partial charge >= 0.3 is 12.2 Å². The minimum atomic E-state index is -0.873. The molecule has 2 atom stereocenters. The Hall–Kier alpha value is -4.43. The average Bonchev–Trinajstić information content (AvgIpc) is 3.56. The number of anilines is 2. The number of piperazine rings is 1. The van der Waals surface area contributed by atoms with Gasteiger partial charge in [0.15, 0.2) is 17.3 Å². The Morgan fingerprint density at radius 3 is 2.44 bits per heavy atom. The summed E-state index contributed by atoms with van der Waals surface area (Å²) in [6.07, 6.45) is -0.217. The lowest BCUT2D eigenvalue weighted by molar-refractivity contribution is -0.133. The van der Waals surface area contributed by atoms with Crippen molar-refractivity contribution in [1.29, 1.82) is 0 Å². The van der Waals surface area contributed by atoms with Crippen LogP contribution in [-0.2, 0) is 14.3 Å². The molecule has 13 nitrogen and oxygen atoms in total. The topological polar surface area (TPSA) is 147 Å². The van der Waals surface area contributed by atoms with Crippen LogP contribution in [0, 0.1) is 11.6 Å². The molecule has 2 N–H and O–H groups in total. The number of carbonyl (C=O) groups excluding carboxylic acids is 4. The van der Waals surface area contributed by atoms with Crippen molar-refractivity contribution in [2.75, 3.05) is 56.2 Å². The molecule has 4 amide bonds. The molecule has 2 saturated heterocycles. The second-order valence-corrected chi connectivity index (χ2v) is 10.1. The zero-order valence-corrected chi connectivity index (χ0v) is 22.5. The lowest BCUT2D eigenvalue weighted by Crippen LogP contribution is -2.54. The number of methoxy groups -OCH3 is 1. The smallest absolute Gasteiger partial charge is 0.414 e. The van der Waals surface area contributed by atoms with E-state index in [0.29, 0.717) is 11.7 Å². The van der Waals surface area contributed by atoms with Crippen molar-refractivity contribution < 1.29 is 42.0 Å².